The molecule has 0 saturated carbocycles. The maximum atomic E-state index is 14.8. The lowest BCUT2D eigenvalue weighted by molar-refractivity contribution is -0.146. The Labute approximate surface area is 224 Å². The number of carbonyl (C=O) groups is 1. The van der Waals surface area contributed by atoms with Gasteiger partial charge >= 0.3 is 0 Å². The molecule has 1 aromatic carbocycles. The molecule has 206 valence electrons. The van der Waals surface area contributed by atoms with Gasteiger partial charge in [0.1, 0.15) is 23.7 Å². The zero-order valence-electron chi connectivity index (χ0n) is 21.5. The molecular weight excluding hydrogens is 509 g/mol. The van der Waals surface area contributed by atoms with Gasteiger partial charge in [-0.15, -0.1) is 0 Å². The molecule has 3 atom stereocenters. The Morgan fingerprint density at radius 3 is 2.87 bits per heavy atom. The quantitative estimate of drug-likeness (QED) is 0.312. The molecule has 1 amide bonds. The number of nitriles is 1. The molecule has 0 radical (unpaired) electrons. The minimum absolute atomic E-state index is 0.144. The van der Waals surface area contributed by atoms with Crippen LogP contribution in [0.1, 0.15) is 25.8 Å². The van der Waals surface area contributed by atoms with Gasteiger partial charge in [-0.1, -0.05) is 0 Å². The molecule has 1 saturated heterocycles. The van der Waals surface area contributed by atoms with Gasteiger partial charge in [-0.2, -0.15) is 10.4 Å². The number of benzene rings is 1. The standard InChI is InChI=1S/C26H30FN7O5/c1-26(2,38)15-34-12-18(11-30-34)31-23-5-7-29-24(32-23)16-3-4-21(17(9-16)10-28)39-22-6-8-33(13-19(22)27)25(37)20(36)14-35/h3-5,7,9,11-12,19-20,22,35-36,38H,6,8,13-15H2,1-2H3,(H,29,31,32)/t19-,20+,22+/m1/s1. The Morgan fingerprint density at radius 2 is 2.18 bits per heavy atom. The summed E-state index contributed by atoms with van der Waals surface area (Å²) in [6, 6.07) is 8.51. The van der Waals surface area contributed by atoms with Crippen molar-refractivity contribution in [2.45, 2.75) is 50.8 Å². The minimum Gasteiger partial charge on any atom is -0.486 e. The van der Waals surface area contributed by atoms with Crippen LogP contribution in [0.15, 0.2) is 42.9 Å². The van der Waals surface area contributed by atoms with Gasteiger partial charge in [-0.05, 0) is 38.1 Å². The molecule has 2 aromatic heterocycles. The molecule has 1 aliphatic heterocycles. The number of rotatable bonds is 9. The van der Waals surface area contributed by atoms with E-state index in [4.69, 9.17) is 9.84 Å². The van der Waals surface area contributed by atoms with Crippen LogP contribution < -0.4 is 10.1 Å². The lowest BCUT2D eigenvalue weighted by Crippen LogP contribution is -2.52. The molecular formula is C26H30FN7O5. The van der Waals surface area contributed by atoms with Crippen molar-refractivity contribution in [1.82, 2.24) is 24.6 Å². The monoisotopic (exact) mass is 539 g/mol. The molecule has 3 aromatic rings. The van der Waals surface area contributed by atoms with Crippen molar-refractivity contribution >= 4 is 17.4 Å². The number of aromatic nitrogens is 4. The second kappa shape index (κ2) is 11.7. The molecule has 1 aliphatic rings. The third kappa shape index (κ3) is 7.05. The van der Waals surface area contributed by atoms with Gasteiger partial charge in [0.15, 0.2) is 18.1 Å². The zero-order chi connectivity index (χ0) is 28.2. The summed E-state index contributed by atoms with van der Waals surface area (Å²) >= 11 is 0. The fraction of sp³-hybridized carbons (Fsp3) is 0.423. The predicted octanol–water partition coefficient (Wildman–Crippen LogP) is 1.40. The number of alkyl halides is 1. The Hall–Kier alpha value is -4.12. The normalized spacial score (nSPS) is 18.3. The van der Waals surface area contributed by atoms with Crippen molar-refractivity contribution in [2.24, 2.45) is 0 Å². The molecule has 1 fully saturated rings. The Kier molecular flexibility index (Phi) is 8.39. The summed E-state index contributed by atoms with van der Waals surface area (Å²) in [4.78, 5) is 22.0. The largest absolute Gasteiger partial charge is 0.486 e. The Bertz CT molecular complexity index is 1350. The molecule has 0 spiro atoms. The number of hydrogen-bond acceptors (Lipinski definition) is 10. The topological polar surface area (TPSA) is 170 Å². The van der Waals surface area contributed by atoms with E-state index in [0.29, 0.717) is 29.4 Å². The third-order valence-electron chi connectivity index (χ3n) is 6.00. The first-order valence-electron chi connectivity index (χ1n) is 12.3. The van der Waals surface area contributed by atoms with E-state index in [9.17, 15) is 24.7 Å². The molecule has 3 heterocycles. The van der Waals surface area contributed by atoms with Gasteiger partial charge in [-0.25, -0.2) is 14.4 Å². The number of aliphatic hydroxyl groups is 3. The molecule has 4 rings (SSSR count). The van der Waals surface area contributed by atoms with Gasteiger partial charge in [0.2, 0.25) is 0 Å². The predicted molar refractivity (Wildman–Crippen MR) is 138 cm³/mol. The summed E-state index contributed by atoms with van der Waals surface area (Å²) in [5.74, 6) is 0.303. The van der Waals surface area contributed by atoms with E-state index in [1.807, 2.05) is 0 Å². The fourth-order valence-electron chi connectivity index (χ4n) is 4.15. The van der Waals surface area contributed by atoms with Crippen LogP contribution in [0.25, 0.3) is 11.4 Å². The van der Waals surface area contributed by atoms with E-state index in [2.05, 4.69) is 26.5 Å². The number of likely N-dealkylation sites (tertiary alicyclic amines) is 1. The maximum Gasteiger partial charge on any atom is 0.253 e. The molecule has 0 unspecified atom stereocenters. The summed E-state index contributed by atoms with van der Waals surface area (Å²) < 4.78 is 22.2. The number of piperidine rings is 1. The van der Waals surface area contributed by atoms with Gasteiger partial charge in [-0.3, -0.25) is 9.48 Å². The molecule has 13 heteroatoms. The van der Waals surface area contributed by atoms with Gasteiger partial charge in [0, 0.05) is 30.9 Å². The highest BCUT2D eigenvalue weighted by Crippen LogP contribution is 2.29. The average Bonchev–Trinajstić information content (AvgIpc) is 3.33. The second-order valence-electron chi connectivity index (χ2n) is 9.90. The summed E-state index contributed by atoms with van der Waals surface area (Å²) in [5, 5.41) is 45.5. The van der Waals surface area contributed by atoms with Crippen LogP contribution in [0.5, 0.6) is 5.75 Å². The van der Waals surface area contributed by atoms with Crippen LogP contribution in [0.4, 0.5) is 15.9 Å². The van der Waals surface area contributed by atoms with Crippen molar-refractivity contribution in [3.8, 4) is 23.2 Å². The highest BCUT2D eigenvalue weighted by Gasteiger charge is 2.35. The van der Waals surface area contributed by atoms with Gasteiger partial charge in [0.25, 0.3) is 5.91 Å². The first-order valence-corrected chi connectivity index (χ1v) is 12.3. The van der Waals surface area contributed by atoms with E-state index in [-0.39, 0.29) is 30.8 Å². The zero-order valence-corrected chi connectivity index (χ0v) is 21.5. The van der Waals surface area contributed by atoms with E-state index < -0.39 is 36.5 Å². The summed E-state index contributed by atoms with van der Waals surface area (Å²) in [6.45, 7) is 2.83. The van der Waals surface area contributed by atoms with Gasteiger partial charge in [0.05, 0.1) is 42.7 Å². The number of carbonyl (C=O) groups excluding carboxylic acids is 1. The number of aliphatic hydroxyl groups excluding tert-OH is 2. The van der Waals surface area contributed by atoms with Crippen LogP contribution in [-0.4, -0.2) is 89.6 Å². The van der Waals surface area contributed by atoms with E-state index in [0.717, 1.165) is 4.90 Å². The van der Waals surface area contributed by atoms with Gasteiger partial charge < -0.3 is 30.3 Å². The maximum absolute atomic E-state index is 14.8. The second-order valence-corrected chi connectivity index (χ2v) is 9.90. The number of hydrogen-bond donors (Lipinski definition) is 4. The number of nitrogens with one attached hydrogen (secondary N) is 1. The molecule has 39 heavy (non-hydrogen) atoms. The van der Waals surface area contributed by atoms with Crippen LogP contribution in [0.2, 0.25) is 0 Å². The van der Waals surface area contributed by atoms with Crippen molar-refractivity contribution in [2.75, 3.05) is 25.0 Å². The molecule has 0 aliphatic carbocycles. The van der Waals surface area contributed by atoms with Crippen LogP contribution >= 0.6 is 0 Å². The smallest absolute Gasteiger partial charge is 0.253 e. The number of ether oxygens (including phenoxy) is 1. The van der Waals surface area contributed by atoms with Crippen molar-refractivity contribution < 1.29 is 29.2 Å². The fourth-order valence-corrected chi connectivity index (χ4v) is 4.15. The van der Waals surface area contributed by atoms with E-state index in [1.165, 1.54) is 0 Å². The number of halogens is 1. The van der Waals surface area contributed by atoms with Crippen molar-refractivity contribution in [3.05, 3.63) is 48.4 Å². The summed E-state index contributed by atoms with van der Waals surface area (Å²) in [6.07, 6.45) is 1.06. The van der Waals surface area contributed by atoms with Crippen LogP contribution in [0, 0.1) is 11.3 Å². The van der Waals surface area contributed by atoms with E-state index in [1.54, 1.807) is 61.4 Å². The molecule has 4 N–H and O–H groups in total. The average molecular weight is 540 g/mol. The number of nitrogens with zero attached hydrogens (tertiary/aromatic N) is 6. The first kappa shape index (κ1) is 27.9. The van der Waals surface area contributed by atoms with Crippen LogP contribution in [0.3, 0.4) is 0 Å². The van der Waals surface area contributed by atoms with Crippen molar-refractivity contribution in [1.29, 1.82) is 5.26 Å². The lowest BCUT2D eigenvalue weighted by Gasteiger charge is -2.35. The summed E-state index contributed by atoms with van der Waals surface area (Å²) in [7, 11) is 0. The SMILES string of the molecule is CC(C)(O)Cn1cc(Nc2ccnc(-c3ccc(O[C@H]4CCN(C(=O)[C@@H](O)CO)C[C@H]4F)c(C#N)c3)n2)cn1. The summed E-state index contributed by atoms with van der Waals surface area (Å²) in [5.41, 5.74) is 0.481. The highest BCUT2D eigenvalue weighted by molar-refractivity contribution is 5.81. The number of amides is 1. The lowest BCUT2D eigenvalue weighted by atomic mass is 10.0. The van der Waals surface area contributed by atoms with Crippen LogP contribution in [-0.2, 0) is 11.3 Å². The first-order chi connectivity index (χ1) is 18.6. The molecule has 12 nitrogen and oxygen atoms in total. The minimum atomic E-state index is -1.58. The van der Waals surface area contributed by atoms with Crippen molar-refractivity contribution in [3.63, 3.8) is 0 Å². The third-order valence-corrected chi connectivity index (χ3v) is 6.00. The number of anilines is 2. The highest BCUT2D eigenvalue weighted by atomic mass is 19.1. The Balaban J connectivity index is 1.44. The molecule has 0 bridgehead atoms. The van der Waals surface area contributed by atoms with E-state index >= 15 is 0 Å². The Morgan fingerprint density at radius 1 is 1.38 bits per heavy atom.